The summed E-state index contributed by atoms with van der Waals surface area (Å²) in [5.74, 6) is -0.0520. The maximum Gasteiger partial charge on any atom is 0.186 e. The van der Waals surface area contributed by atoms with Crippen LogP contribution in [0.4, 0.5) is 0 Å². The SMILES string of the molecule is CC(C)(OCOCc1ccccc1)C(=O)/C=C/CCc1ccccc1. The summed E-state index contributed by atoms with van der Waals surface area (Å²) in [5, 5.41) is 0. The average Bonchev–Trinajstić information content (AvgIpc) is 2.64. The van der Waals surface area contributed by atoms with Crippen molar-refractivity contribution in [1.29, 1.82) is 0 Å². The van der Waals surface area contributed by atoms with Crippen molar-refractivity contribution in [1.82, 2.24) is 0 Å². The van der Waals surface area contributed by atoms with Gasteiger partial charge in [0.1, 0.15) is 12.4 Å². The Hall–Kier alpha value is -2.23. The van der Waals surface area contributed by atoms with Crippen molar-refractivity contribution in [2.45, 2.75) is 38.9 Å². The van der Waals surface area contributed by atoms with Gasteiger partial charge in [-0.15, -0.1) is 0 Å². The maximum absolute atomic E-state index is 12.3. The van der Waals surface area contributed by atoms with E-state index in [1.165, 1.54) is 5.56 Å². The fourth-order valence-electron chi connectivity index (χ4n) is 2.28. The third-order valence-electron chi connectivity index (χ3n) is 3.92. The number of carbonyl (C=O) groups is 1. The van der Waals surface area contributed by atoms with Crippen LogP contribution in [-0.4, -0.2) is 18.2 Å². The normalized spacial score (nSPS) is 11.8. The van der Waals surface area contributed by atoms with Crippen LogP contribution in [0.5, 0.6) is 0 Å². The van der Waals surface area contributed by atoms with E-state index in [0.29, 0.717) is 6.61 Å². The molecule has 0 fully saturated rings. The molecule has 2 rings (SSSR count). The molecule has 0 aliphatic rings. The van der Waals surface area contributed by atoms with Crippen LogP contribution in [0.3, 0.4) is 0 Å². The minimum Gasteiger partial charge on any atom is -0.351 e. The number of allylic oxidation sites excluding steroid dienone is 1. The molecule has 2 aromatic carbocycles. The molecule has 3 nitrogen and oxygen atoms in total. The molecule has 0 saturated heterocycles. The first kappa shape index (κ1) is 19.1. The predicted molar refractivity (Wildman–Crippen MR) is 100 cm³/mol. The minimum atomic E-state index is -0.889. The van der Waals surface area contributed by atoms with Gasteiger partial charge in [-0.1, -0.05) is 66.7 Å². The van der Waals surface area contributed by atoms with Crippen LogP contribution in [0.1, 0.15) is 31.4 Å². The Morgan fingerprint density at radius 3 is 2.20 bits per heavy atom. The predicted octanol–water partition coefficient (Wildman–Crippen LogP) is 4.71. The molecule has 0 aromatic heterocycles. The molecule has 0 heterocycles. The number of hydrogen-bond donors (Lipinski definition) is 0. The molecule has 0 aliphatic carbocycles. The third kappa shape index (κ3) is 7.04. The Labute approximate surface area is 150 Å². The molecule has 25 heavy (non-hydrogen) atoms. The van der Waals surface area contributed by atoms with Crippen molar-refractivity contribution in [3.8, 4) is 0 Å². The van der Waals surface area contributed by atoms with E-state index in [2.05, 4.69) is 12.1 Å². The molecule has 0 bridgehead atoms. The van der Waals surface area contributed by atoms with Gasteiger partial charge in [0.05, 0.1) is 6.61 Å². The van der Waals surface area contributed by atoms with Gasteiger partial charge in [-0.2, -0.15) is 0 Å². The van der Waals surface area contributed by atoms with Gasteiger partial charge in [-0.3, -0.25) is 4.79 Å². The summed E-state index contributed by atoms with van der Waals surface area (Å²) in [6, 6.07) is 20.1. The zero-order chi connectivity index (χ0) is 18.0. The van der Waals surface area contributed by atoms with Crippen LogP contribution >= 0.6 is 0 Å². The van der Waals surface area contributed by atoms with Gasteiger partial charge < -0.3 is 9.47 Å². The summed E-state index contributed by atoms with van der Waals surface area (Å²) in [6.45, 7) is 4.09. The van der Waals surface area contributed by atoms with Gasteiger partial charge in [-0.05, 0) is 43.9 Å². The van der Waals surface area contributed by atoms with Crippen molar-refractivity contribution >= 4 is 5.78 Å². The van der Waals surface area contributed by atoms with Gasteiger partial charge >= 0.3 is 0 Å². The number of benzene rings is 2. The molecule has 0 saturated carbocycles. The number of aryl methyl sites for hydroxylation is 1. The van der Waals surface area contributed by atoms with Gasteiger partial charge in [0.2, 0.25) is 0 Å². The summed E-state index contributed by atoms with van der Waals surface area (Å²) in [7, 11) is 0. The van der Waals surface area contributed by atoms with Gasteiger partial charge in [-0.25, -0.2) is 0 Å². The summed E-state index contributed by atoms with van der Waals surface area (Å²) < 4.78 is 11.1. The van der Waals surface area contributed by atoms with Gasteiger partial charge in [0.25, 0.3) is 0 Å². The first-order chi connectivity index (χ1) is 12.1. The largest absolute Gasteiger partial charge is 0.351 e. The highest BCUT2D eigenvalue weighted by Gasteiger charge is 2.26. The number of ketones is 1. The van der Waals surface area contributed by atoms with Crippen molar-refractivity contribution in [3.63, 3.8) is 0 Å². The third-order valence-corrected chi connectivity index (χ3v) is 3.92. The zero-order valence-electron chi connectivity index (χ0n) is 15.0. The van der Waals surface area contributed by atoms with E-state index < -0.39 is 5.60 Å². The fourth-order valence-corrected chi connectivity index (χ4v) is 2.28. The van der Waals surface area contributed by atoms with Crippen molar-refractivity contribution in [2.24, 2.45) is 0 Å². The molecule has 0 N–H and O–H groups in total. The molecule has 0 unspecified atom stereocenters. The minimum absolute atomic E-state index is 0.0520. The van der Waals surface area contributed by atoms with E-state index in [1.54, 1.807) is 19.9 Å². The Morgan fingerprint density at radius 2 is 1.56 bits per heavy atom. The highest BCUT2D eigenvalue weighted by molar-refractivity contribution is 5.96. The molecule has 0 aliphatic heterocycles. The lowest BCUT2D eigenvalue weighted by molar-refractivity contribution is -0.157. The molecule has 132 valence electrons. The number of carbonyl (C=O) groups excluding carboxylic acids is 1. The van der Waals surface area contributed by atoms with Gasteiger partial charge in [0.15, 0.2) is 5.78 Å². The van der Waals surface area contributed by atoms with E-state index in [1.807, 2.05) is 54.6 Å². The summed E-state index contributed by atoms with van der Waals surface area (Å²) in [6.07, 6.45) is 5.27. The lowest BCUT2D eigenvalue weighted by Crippen LogP contribution is -2.34. The lowest BCUT2D eigenvalue weighted by Gasteiger charge is -2.22. The number of hydrogen-bond acceptors (Lipinski definition) is 3. The van der Waals surface area contributed by atoms with E-state index in [9.17, 15) is 4.79 Å². The molecule has 0 atom stereocenters. The smallest absolute Gasteiger partial charge is 0.186 e. The molecule has 0 amide bonds. The van der Waals surface area contributed by atoms with Crippen LogP contribution < -0.4 is 0 Å². The fraction of sp³-hybridized carbons (Fsp3) is 0.318. The van der Waals surface area contributed by atoms with Crippen LogP contribution in [0.15, 0.2) is 72.8 Å². The second-order valence-electron chi connectivity index (χ2n) is 6.40. The van der Waals surface area contributed by atoms with Crippen molar-refractivity contribution < 1.29 is 14.3 Å². The standard InChI is InChI=1S/C22H26O3/c1-22(2,25-18-24-17-20-14-7-4-8-15-20)21(23)16-10-9-13-19-11-5-3-6-12-19/h3-8,10-12,14-16H,9,13,17-18H2,1-2H3/b16-10+. The summed E-state index contributed by atoms with van der Waals surface area (Å²) >= 11 is 0. The Bertz CT molecular complexity index is 660. The van der Waals surface area contributed by atoms with E-state index >= 15 is 0 Å². The second-order valence-corrected chi connectivity index (χ2v) is 6.40. The highest BCUT2D eigenvalue weighted by Crippen LogP contribution is 2.13. The number of ether oxygens (including phenoxy) is 2. The topological polar surface area (TPSA) is 35.5 Å². The first-order valence-corrected chi connectivity index (χ1v) is 8.58. The van der Waals surface area contributed by atoms with E-state index in [4.69, 9.17) is 9.47 Å². The quantitative estimate of drug-likeness (QED) is 0.357. The molecule has 3 heteroatoms. The van der Waals surface area contributed by atoms with Crippen LogP contribution in [0, 0.1) is 0 Å². The Balaban J connectivity index is 1.68. The monoisotopic (exact) mass is 338 g/mol. The van der Waals surface area contributed by atoms with Gasteiger partial charge in [0, 0.05) is 0 Å². The lowest BCUT2D eigenvalue weighted by atomic mass is 10.0. The van der Waals surface area contributed by atoms with Crippen molar-refractivity contribution in [3.05, 3.63) is 83.9 Å². The maximum atomic E-state index is 12.3. The Kier molecular flexibility index (Phi) is 7.58. The van der Waals surface area contributed by atoms with E-state index in [-0.39, 0.29) is 12.6 Å². The first-order valence-electron chi connectivity index (χ1n) is 8.58. The molecular formula is C22H26O3. The van der Waals surface area contributed by atoms with Crippen LogP contribution in [0.25, 0.3) is 0 Å². The molecule has 0 radical (unpaired) electrons. The van der Waals surface area contributed by atoms with Crippen LogP contribution in [-0.2, 0) is 27.3 Å². The zero-order valence-corrected chi connectivity index (χ0v) is 15.0. The van der Waals surface area contributed by atoms with E-state index in [0.717, 1.165) is 18.4 Å². The number of rotatable bonds is 10. The second kappa shape index (κ2) is 9.92. The average molecular weight is 338 g/mol. The summed E-state index contributed by atoms with van der Waals surface area (Å²) in [5.41, 5.74) is 1.46. The highest BCUT2D eigenvalue weighted by atomic mass is 16.7. The summed E-state index contributed by atoms with van der Waals surface area (Å²) in [4.78, 5) is 12.3. The van der Waals surface area contributed by atoms with Crippen molar-refractivity contribution in [2.75, 3.05) is 6.79 Å². The molecule has 0 spiro atoms. The van der Waals surface area contributed by atoms with Crippen LogP contribution in [0.2, 0.25) is 0 Å². The molecule has 2 aromatic rings. The molecular weight excluding hydrogens is 312 g/mol. The Morgan fingerprint density at radius 1 is 0.960 bits per heavy atom.